The summed E-state index contributed by atoms with van der Waals surface area (Å²) in [5.41, 5.74) is 1.72. The third-order valence-corrected chi connectivity index (χ3v) is 3.66. The number of aromatic nitrogens is 3. The van der Waals surface area contributed by atoms with Crippen LogP contribution in [-0.4, -0.2) is 42.2 Å². The maximum Gasteiger partial charge on any atom is 0.247 e. The second-order valence-electron chi connectivity index (χ2n) is 5.10. The van der Waals surface area contributed by atoms with Crippen molar-refractivity contribution >= 4 is 27.4 Å². The first-order chi connectivity index (χ1) is 10.9. The lowest BCUT2D eigenvalue weighted by atomic mass is 10.1. The first-order valence-corrected chi connectivity index (χ1v) is 8.72. The summed E-state index contributed by atoms with van der Waals surface area (Å²) in [6.45, 7) is 0.527. The molecular formula is C13H15N5O4S. The Balaban J connectivity index is 1.61. The van der Waals surface area contributed by atoms with Gasteiger partial charge in [0.2, 0.25) is 15.9 Å². The normalized spacial score (nSPS) is 13.3. The molecule has 0 unspecified atom stereocenters. The lowest BCUT2D eigenvalue weighted by Gasteiger charge is -2.06. The molecule has 1 aromatic heterocycles. The van der Waals surface area contributed by atoms with Crippen molar-refractivity contribution in [1.29, 1.82) is 0 Å². The summed E-state index contributed by atoms with van der Waals surface area (Å²) in [5.74, 6) is 0.591. The number of hydrogen-bond donors (Lipinski definition) is 2. The molecule has 0 radical (unpaired) electrons. The summed E-state index contributed by atoms with van der Waals surface area (Å²) in [4.78, 5) is 13.1. The molecule has 0 aliphatic carbocycles. The number of anilines is 2. The number of sulfonamides is 1. The molecule has 0 spiro atoms. The van der Waals surface area contributed by atoms with Gasteiger partial charge in [0.25, 0.3) is 0 Å². The van der Waals surface area contributed by atoms with Crippen LogP contribution in [-0.2, 0) is 27.8 Å². The molecule has 10 heteroatoms. The maximum absolute atomic E-state index is 12.0. The molecular weight excluding hydrogens is 322 g/mol. The van der Waals surface area contributed by atoms with Crippen LogP contribution in [0.25, 0.3) is 0 Å². The van der Waals surface area contributed by atoms with Gasteiger partial charge in [-0.2, -0.15) is 9.90 Å². The van der Waals surface area contributed by atoms with Crippen LogP contribution in [0.2, 0.25) is 0 Å². The number of amides is 1. The number of hydrogen-bond acceptors (Lipinski definition) is 6. The number of carbonyl (C=O) groups excluding carboxylic acids is 1. The standard InChI is InChI=1S/C13H15N5O4S/c1-23(20,21)17-12-7-14-18(16-12)8-13(19)15-10-2-3-11-9(6-10)4-5-22-11/h2-3,6-7H,4-5,8H2,1H3,(H,15,19)(H,16,17). The van der Waals surface area contributed by atoms with Crippen LogP contribution < -0.4 is 14.8 Å². The van der Waals surface area contributed by atoms with E-state index in [2.05, 4.69) is 20.2 Å². The minimum absolute atomic E-state index is 0.0648. The predicted molar refractivity (Wildman–Crippen MR) is 82.8 cm³/mol. The van der Waals surface area contributed by atoms with Gasteiger partial charge in [-0.25, -0.2) is 8.42 Å². The fraction of sp³-hybridized carbons (Fsp3) is 0.308. The molecule has 23 heavy (non-hydrogen) atoms. The van der Waals surface area contributed by atoms with Crippen LogP contribution in [0.5, 0.6) is 5.75 Å². The van der Waals surface area contributed by atoms with E-state index in [4.69, 9.17) is 4.74 Å². The van der Waals surface area contributed by atoms with E-state index in [0.717, 1.165) is 28.8 Å². The zero-order chi connectivity index (χ0) is 16.4. The Morgan fingerprint density at radius 3 is 3.04 bits per heavy atom. The minimum atomic E-state index is -3.42. The fourth-order valence-electron chi connectivity index (χ4n) is 2.20. The van der Waals surface area contributed by atoms with Gasteiger partial charge in [-0.15, -0.1) is 5.10 Å². The first-order valence-electron chi connectivity index (χ1n) is 6.82. The third kappa shape index (κ3) is 3.97. The summed E-state index contributed by atoms with van der Waals surface area (Å²) in [7, 11) is -3.42. The highest BCUT2D eigenvalue weighted by molar-refractivity contribution is 7.92. The summed E-state index contributed by atoms with van der Waals surface area (Å²) in [6, 6.07) is 5.45. The van der Waals surface area contributed by atoms with Crippen LogP contribution >= 0.6 is 0 Å². The van der Waals surface area contributed by atoms with Crippen LogP contribution in [0.15, 0.2) is 24.4 Å². The molecule has 0 saturated carbocycles. The van der Waals surface area contributed by atoms with E-state index in [-0.39, 0.29) is 18.3 Å². The van der Waals surface area contributed by atoms with Crippen molar-refractivity contribution in [3.63, 3.8) is 0 Å². The number of nitrogens with zero attached hydrogens (tertiary/aromatic N) is 3. The van der Waals surface area contributed by atoms with Gasteiger partial charge >= 0.3 is 0 Å². The quantitative estimate of drug-likeness (QED) is 0.806. The van der Waals surface area contributed by atoms with E-state index < -0.39 is 10.0 Å². The summed E-state index contributed by atoms with van der Waals surface area (Å²) in [6.07, 6.45) is 3.07. The molecule has 1 aliphatic heterocycles. The van der Waals surface area contributed by atoms with E-state index in [1.54, 1.807) is 6.07 Å². The Morgan fingerprint density at radius 2 is 2.26 bits per heavy atom. The third-order valence-electron chi connectivity index (χ3n) is 3.08. The highest BCUT2D eigenvalue weighted by Gasteiger charge is 2.14. The predicted octanol–water partition coefficient (Wildman–Crippen LogP) is 0.223. The number of rotatable bonds is 5. The van der Waals surface area contributed by atoms with E-state index in [1.165, 1.54) is 6.20 Å². The molecule has 0 atom stereocenters. The molecule has 9 nitrogen and oxygen atoms in total. The van der Waals surface area contributed by atoms with E-state index in [9.17, 15) is 13.2 Å². The molecule has 2 aromatic rings. The van der Waals surface area contributed by atoms with Crippen LogP contribution in [0.1, 0.15) is 5.56 Å². The Morgan fingerprint density at radius 1 is 1.43 bits per heavy atom. The zero-order valence-corrected chi connectivity index (χ0v) is 13.1. The first kappa shape index (κ1) is 15.3. The van der Waals surface area contributed by atoms with Crippen molar-refractivity contribution in [2.45, 2.75) is 13.0 Å². The van der Waals surface area contributed by atoms with Gasteiger partial charge in [0, 0.05) is 12.1 Å². The number of nitrogens with one attached hydrogen (secondary N) is 2. The second kappa shape index (κ2) is 5.88. The number of benzene rings is 1. The average Bonchev–Trinajstić information content (AvgIpc) is 3.05. The average molecular weight is 337 g/mol. The molecule has 1 amide bonds. The molecule has 1 aromatic carbocycles. The lowest BCUT2D eigenvalue weighted by molar-refractivity contribution is -0.117. The summed E-state index contributed by atoms with van der Waals surface area (Å²) >= 11 is 0. The largest absolute Gasteiger partial charge is 0.493 e. The highest BCUT2D eigenvalue weighted by Crippen LogP contribution is 2.27. The minimum Gasteiger partial charge on any atom is -0.493 e. The molecule has 0 bridgehead atoms. The van der Waals surface area contributed by atoms with Gasteiger partial charge in [-0.05, 0) is 23.8 Å². The van der Waals surface area contributed by atoms with Gasteiger partial charge in [0.05, 0.1) is 19.1 Å². The lowest BCUT2D eigenvalue weighted by Crippen LogP contribution is -2.20. The summed E-state index contributed by atoms with van der Waals surface area (Å²) < 4.78 is 29.8. The molecule has 122 valence electrons. The Hall–Kier alpha value is -2.62. The molecule has 0 fully saturated rings. The smallest absolute Gasteiger partial charge is 0.247 e. The van der Waals surface area contributed by atoms with E-state index in [1.807, 2.05) is 12.1 Å². The van der Waals surface area contributed by atoms with Gasteiger partial charge in [-0.1, -0.05) is 0 Å². The monoisotopic (exact) mass is 337 g/mol. The maximum atomic E-state index is 12.0. The molecule has 2 heterocycles. The van der Waals surface area contributed by atoms with Gasteiger partial charge in [0.1, 0.15) is 12.3 Å². The summed E-state index contributed by atoms with van der Waals surface area (Å²) in [5, 5.41) is 10.5. The number of fused-ring (bicyclic) bond motifs is 1. The zero-order valence-electron chi connectivity index (χ0n) is 12.3. The van der Waals surface area contributed by atoms with Crippen molar-refractivity contribution in [3.8, 4) is 5.75 Å². The molecule has 2 N–H and O–H groups in total. The van der Waals surface area contributed by atoms with Gasteiger partial charge < -0.3 is 10.1 Å². The van der Waals surface area contributed by atoms with Crippen molar-refractivity contribution in [2.24, 2.45) is 0 Å². The van der Waals surface area contributed by atoms with E-state index in [0.29, 0.717) is 12.3 Å². The van der Waals surface area contributed by atoms with Crippen molar-refractivity contribution in [1.82, 2.24) is 15.0 Å². The second-order valence-corrected chi connectivity index (χ2v) is 6.85. The van der Waals surface area contributed by atoms with Crippen LogP contribution in [0.3, 0.4) is 0 Å². The molecule has 1 aliphatic rings. The van der Waals surface area contributed by atoms with Crippen molar-refractivity contribution in [3.05, 3.63) is 30.0 Å². The number of carbonyl (C=O) groups is 1. The Labute approximate surface area is 132 Å². The fourth-order valence-corrected chi connectivity index (χ4v) is 2.68. The van der Waals surface area contributed by atoms with Crippen molar-refractivity contribution in [2.75, 3.05) is 22.9 Å². The van der Waals surface area contributed by atoms with Crippen LogP contribution in [0.4, 0.5) is 11.5 Å². The van der Waals surface area contributed by atoms with Crippen molar-refractivity contribution < 1.29 is 17.9 Å². The Kier molecular flexibility index (Phi) is 3.90. The highest BCUT2D eigenvalue weighted by atomic mass is 32.2. The molecule has 3 rings (SSSR count). The SMILES string of the molecule is CS(=O)(=O)Nc1cnn(CC(=O)Nc2ccc3c(c2)CCO3)n1. The number of ether oxygens (including phenoxy) is 1. The Bertz CT molecular complexity index is 846. The van der Waals surface area contributed by atoms with Gasteiger partial charge in [0.15, 0.2) is 5.82 Å². The topological polar surface area (TPSA) is 115 Å². The molecule has 0 saturated heterocycles. The van der Waals surface area contributed by atoms with E-state index >= 15 is 0 Å². The van der Waals surface area contributed by atoms with Crippen LogP contribution in [0, 0.1) is 0 Å². The van der Waals surface area contributed by atoms with Gasteiger partial charge in [-0.3, -0.25) is 9.52 Å².